The van der Waals surface area contributed by atoms with Crippen LogP contribution in [0, 0.1) is 5.82 Å². The molecule has 0 heterocycles. The van der Waals surface area contributed by atoms with E-state index in [1.165, 1.54) is 48.5 Å². The maximum absolute atomic E-state index is 14.3. The number of phenols is 1. The normalized spacial score (nSPS) is 11.2. The van der Waals surface area contributed by atoms with E-state index >= 15 is 0 Å². The Kier molecular flexibility index (Phi) is 5.95. The number of halogens is 2. The van der Waals surface area contributed by atoms with E-state index in [-0.39, 0.29) is 16.9 Å². The molecule has 0 radical (unpaired) electrons. The highest BCUT2D eigenvalue weighted by Crippen LogP contribution is 2.30. The summed E-state index contributed by atoms with van der Waals surface area (Å²) in [5.41, 5.74) is 0.486. The minimum Gasteiger partial charge on any atom is -0.507 e. The fraction of sp³-hybridized carbons (Fsp3) is 0. The van der Waals surface area contributed by atoms with Crippen LogP contribution in [0.25, 0.3) is 17.2 Å². The van der Waals surface area contributed by atoms with Gasteiger partial charge in [0.2, 0.25) is 0 Å². The standard InChI is InChI=1S/C22H15ClFNO4/c23-17-7-3-1-5-14(17)16-11-13(9-10-18(16)24)12-19(22(28)29)25-21(27)15-6-2-4-8-20(15)26/h1-12,26H,(H,25,27)(H,28,29). The summed E-state index contributed by atoms with van der Waals surface area (Å²) >= 11 is 6.13. The van der Waals surface area contributed by atoms with Gasteiger partial charge in [0.05, 0.1) is 5.56 Å². The maximum atomic E-state index is 14.3. The second kappa shape index (κ2) is 8.58. The molecule has 0 saturated heterocycles. The summed E-state index contributed by atoms with van der Waals surface area (Å²) in [6.45, 7) is 0. The van der Waals surface area contributed by atoms with Gasteiger partial charge in [-0.25, -0.2) is 9.18 Å². The number of hydrogen-bond acceptors (Lipinski definition) is 3. The summed E-state index contributed by atoms with van der Waals surface area (Å²) in [5, 5.41) is 21.8. The predicted molar refractivity (Wildman–Crippen MR) is 108 cm³/mol. The van der Waals surface area contributed by atoms with Crippen LogP contribution >= 0.6 is 11.6 Å². The maximum Gasteiger partial charge on any atom is 0.352 e. The zero-order valence-corrected chi connectivity index (χ0v) is 15.7. The van der Waals surface area contributed by atoms with E-state index < -0.39 is 23.4 Å². The van der Waals surface area contributed by atoms with Gasteiger partial charge in [-0.15, -0.1) is 0 Å². The summed E-state index contributed by atoms with van der Waals surface area (Å²) in [6.07, 6.45) is 1.19. The third-order valence-corrected chi connectivity index (χ3v) is 4.42. The van der Waals surface area contributed by atoms with E-state index in [1.54, 1.807) is 24.3 Å². The second-order valence-corrected chi connectivity index (χ2v) is 6.46. The molecule has 0 saturated carbocycles. The molecule has 3 aromatic rings. The number of aliphatic carboxylic acids is 1. The molecular weight excluding hydrogens is 397 g/mol. The number of benzene rings is 3. The van der Waals surface area contributed by atoms with Crippen molar-refractivity contribution in [2.45, 2.75) is 0 Å². The van der Waals surface area contributed by atoms with Gasteiger partial charge >= 0.3 is 5.97 Å². The lowest BCUT2D eigenvalue weighted by molar-refractivity contribution is -0.132. The van der Waals surface area contributed by atoms with Gasteiger partial charge in [0.1, 0.15) is 17.3 Å². The summed E-state index contributed by atoms with van der Waals surface area (Å²) in [6, 6.07) is 16.4. The Morgan fingerprint density at radius 3 is 2.34 bits per heavy atom. The third-order valence-electron chi connectivity index (χ3n) is 4.09. The number of carboxylic acids is 1. The van der Waals surface area contributed by atoms with Gasteiger partial charge in [-0.05, 0) is 42.0 Å². The average molecular weight is 412 g/mol. The Balaban J connectivity index is 1.97. The van der Waals surface area contributed by atoms with Crippen LogP contribution in [0.15, 0.2) is 72.4 Å². The molecule has 29 heavy (non-hydrogen) atoms. The summed E-state index contributed by atoms with van der Waals surface area (Å²) < 4.78 is 14.3. The van der Waals surface area contributed by atoms with E-state index in [9.17, 15) is 24.2 Å². The molecule has 0 aromatic heterocycles. The molecule has 3 N–H and O–H groups in total. The van der Waals surface area contributed by atoms with E-state index in [0.29, 0.717) is 16.1 Å². The zero-order chi connectivity index (χ0) is 21.0. The van der Waals surface area contributed by atoms with Gasteiger partial charge in [-0.1, -0.05) is 48.0 Å². The monoisotopic (exact) mass is 411 g/mol. The highest BCUT2D eigenvalue weighted by Gasteiger charge is 2.16. The molecule has 0 atom stereocenters. The zero-order valence-electron chi connectivity index (χ0n) is 14.9. The Morgan fingerprint density at radius 2 is 1.66 bits per heavy atom. The lowest BCUT2D eigenvalue weighted by Gasteiger charge is -2.09. The van der Waals surface area contributed by atoms with Crippen LogP contribution < -0.4 is 5.32 Å². The number of nitrogens with one attached hydrogen (secondary N) is 1. The molecule has 146 valence electrons. The van der Waals surface area contributed by atoms with Crippen molar-refractivity contribution in [1.82, 2.24) is 5.32 Å². The number of rotatable bonds is 5. The van der Waals surface area contributed by atoms with E-state index in [4.69, 9.17) is 11.6 Å². The number of carbonyl (C=O) groups is 2. The minimum absolute atomic E-state index is 0.0736. The number of hydrogen-bond donors (Lipinski definition) is 3. The number of phenolic OH excluding ortho intramolecular Hbond substituents is 1. The first-order chi connectivity index (χ1) is 13.9. The van der Waals surface area contributed by atoms with Crippen molar-refractivity contribution >= 4 is 29.6 Å². The largest absolute Gasteiger partial charge is 0.507 e. The molecular formula is C22H15ClFNO4. The average Bonchev–Trinajstić information content (AvgIpc) is 2.69. The van der Waals surface area contributed by atoms with Crippen LogP contribution in [0.4, 0.5) is 4.39 Å². The highest BCUT2D eigenvalue weighted by atomic mass is 35.5. The molecule has 3 aromatic carbocycles. The number of carboxylic acid groups (broad SMARTS) is 1. The van der Waals surface area contributed by atoms with Crippen LogP contribution in [0.3, 0.4) is 0 Å². The first kappa shape index (κ1) is 20.1. The highest BCUT2D eigenvalue weighted by molar-refractivity contribution is 6.33. The minimum atomic E-state index is -1.39. The topological polar surface area (TPSA) is 86.6 Å². The lowest BCUT2D eigenvalue weighted by atomic mass is 10.0. The Labute approximate surface area is 170 Å². The molecule has 7 heteroatoms. The van der Waals surface area contributed by atoms with Crippen LogP contribution in [0.5, 0.6) is 5.75 Å². The van der Waals surface area contributed by atoms with Crippen LogP contribution in [0.2, 0.25) is 5.02 Å². The smallest absolute Gasteiger partial charge is 0.352 e. The van der Waals surface area contributed by atoms with Crippen LogP contribution in [-0.4, -0.2) is 22.1 Å². The van der Waals surface area contributed by atoms with E-state index in [1.807, 2.05) is 0 Å². The SMILES string of the molecule is O=C(O)C(=Cc1ccc(F)c(-c2ccccc2Cl)c1)NC(=O)c1ccccc1O. The van der Waals surface area contributed by atoms with E-state index in [0.717, 1.165) is 0 Å². The van der Waals surface area contributed by atoms with Crippen LogP contribution in [0.1, 0.15) is 15.9 Å². The second-order valence-electron chi connectivity index (χ2n) is 6.05. The first-order valence-electron chi connectivity index (χ1n) is 8.45. The van der Waals surface area contributed by atoms with Crippen molar-refractivity contribution in [3.63, 3.8) is 0 Å². The third kappa shape index (κ3) is 4.62. The lowest BCUT2D eigenvalue weighted by Crippen LogP contribution is -2.27. The first-order valence-corrected chi connectivity index (χ1v) is 8.83. The molecule has 0 bridgehead atoms. The fourth-order valence-electron chi connectivity index (χ4n) is 2.69. The van der Waals surface area contributed by atoms with Crippen molar-refractivity contribution in [1.29, 1.82) is 0 Å². The number of amides is 1. The van der Waals surface area contributed by atoms with Gasteiger partial charge in [0.15, 0.2) is 0 Å². The Bertz CT molecular complexity index is 1130. The molecule has 3 rings (SSSR count). The molecule has 0 aliphatic heterocycles. The van der Waals surface area contributed by atoms with Crippen molar-refractivity contribution < 1.29 is 24.2 Å². The quantitative estimate of drug-likeness (QED) is 0.531. The van der Waals surface area contributed by atoms with Gasteiger partial charge in [-0.2, -0.15) is 0 Å². The van der Waals surface area contributed by atoms with Gasteiger partial charge in [0, 0.05) is 16.1 Å². The molecule has 0 fully saturated rings. The van der Waals surface area contributed by atoms with Gasteiger partial charge < -0.3 is 15.5 Å². The predicted octanol–water partition coefficient (Wildman–Crippen LogP) is 4.71. The van der Waals surface area contributed by atoms with Crippen molar-refractivity contribution in [2.75, 3.05) is 0 Å². The number of carbonyl (C=O) groups excluding carboxylic acids is 1. The molecule has 0 aliphatic carbocycles. The van der Waals surface area contributed by atoms with E-state index in [2.05, 4.69) is 5.32 Å². The van der Waals surface area contributed by atoms with Gasteiger partial charge in [-0.3, -0.25) is 4.79 Å². The number of para-hydroxylation sites is 1. The Hall–Kier alpha value is -3.64. The van der Waals surface area contributed by atoms with Crippen molar-refractivity contribution in [3.8, 4) is 16.9 Å². The molecule has 5 nitrogen and oxygen atoms in total. The van der Waals surface area contributed by atoms with Crippen LogP contribution in [-0.2, 0) is 4.79 Å². The summed E-state index contributed by atoms with van der Waals surface area (Å²) in [5.74, 6) is -2.98. The Morgan fingerprint density at radius 1 is 0.966 bits per heavy atom. The molecule has 0 unspecified atom stereocenters. The summed E-state index contributed by atoms with van der Waals surface area (Å²) in [7, 11) is 0. The number of aromatic hydroxyl groups is 1. The summed E-state index contributed by atoms with van der Waals surface area (Å²) in [4.78, 5) is 23.9. The van der Waals surface area contributed by atoms with Gasteiger partial charge in [0.25, 0.3) is 5.91 Å². The molecule has 0 aliphatic rings. The molecule has 1 amide bonds. The van der Waals surface area contributed by atoms with Crippen molar-refractivity contribution in [2.24, 2.45) is 0 Å². The molecule has 0 spiro atoms. The fourth-order valence-corrected chi connectivity index (χ4v) is 2.93. The van der Waals surface area contributed by atoms with Crippen molar-refractivity contribution in [3.05, 3.63) is 94.4 Å².